The highest BCUT2D eigenvalue weighted by Gasteiger charge is 2.50. The van der Waals surface area contributed by atoms with E-state index in [1.165, 1.54) is 6.20 Å². The van der Waals surface area contributed by atoms with Crippen molar-refractivity contribution in [3.63, 3.8) is 0 Å². The van der Waals surface area contributed by atoms with Crippen LogP contribution < -0.4 is 5.32 Å². The zero-order valence-electron chi connectivity index (χ0n) is 16.6. The fourth-order valence-corrected chi connectivity index (χ4v) is 5.21. The molecule has 5 rings (SSSR count). The van der Waals surface area contributed by atoms with Crippen molar-refractivity contribution in [1.29, 1.82) is 0 Å². The fraction of sp³-hybridized carbons (Fsp3) is 0.417. The first kappa shape index (κ1) is 17.6. The largest absolute Gasteiger partial charge is 0.343 e. The van der Waals surface area contributed by atoms with Gasteiger partial charge in [0.25, 0.3) is 0 Å². The van der Waals surface area contributed by atoms with Gasteiger partial charge >= 0.3 is 0 Å². The van der Waals surface area contributed by atoms with Crippen molar-refractivity contribution in [1.82, 2.24) is 4.98 Å². The second kappa shape index (κ2) is 5.76. The Morgan fingerprint density at radius 1 is 1.11 bits per heavy atom. The standard InChI is InChI=1S/C24H25FN2O/c1-23(2)11-17-20(18(28)12-23)24(3,15-7-5-4-6-8-15)21-19(14-9-10-14)16(25)13-26-22(21)27-17/h4-8,13-14H,9-12H2,1-3H3,(H,26,27)/t24-/m1/s1. The summed E-state index contributed by atoms with van der Waals surface area (Å²) in [6.45, 7) is 6.33. The van der Waals surface area contributed by atoms with Gasteiger partial charge in [0, 0.05) is 28.8 Å². The van der Waals surface area contributed by atoms with Gasteiger partial charge in [0.15, 0.2) is 5.78 Å². The first-order chi connectivity index (χ1) is 13.3. The topological polar surface area (TPSA) is 42.0 Å². The van der Waals surface area contributed by atoms with Gasteiger partial charge in [-0.25, -0.2) is 9.37 Å². The number of carbonyl (C=O) groups excluding carboxylic acids is 1. The van der Waals surface area contributed by atoms with E-state index in [4.69, 9.17) is 0 Å². The van der Waals surface area contributed by atoms with Gasteiger partial charge in [0.1, 0.15) is 11.6 Å². The average molecular weight is 376 g/mol. The molecule has 1 fully saturated rings. The van der Waals surface area contributed by atoms with Crippen molar-refractivity contribution in [2.45, 2.75) is 57.8 Å². The number of hydrogen-bond acceptors (Lipinski definition) is 3. The third-order valence-electron chi connectivity index (χ3n) is 6.55. The average Bonchev–Trinajstić information content (AvgIpc) is 3.46. The molecule has 3 nitrogen and oxygen atoms in total. The number of fused-ring (bicyclic) bond motifs is 1. The molecular formula is C24H25FN2O. The van der Waals surface area contributed by atoms with Gasteiger partial charge in [-0.2, -0.15) is 0 Å². The number of aromatic nitrogens is 1. The lowest BCUT2D eigenvalue weighted by molar-refractivity contribution is -0.118. The van der Waals surface area contributed by atoms with Crippen LogP contribution in [0.3, 0.4) is 0 Å². The first-order valence-corrected chi connectivity index (χ1v) is 10.1. The highest BCUT2D eigenvalue weighted by molar-refractivity contribution is 6.03. The molecule has 0 amide bonds. The monoisotopic (exact) mass is 376 g/mol. The Morgan fingerprint density at radius 2 is 1.82 bits per heavy atom. The number of ketones is 1. The molecule has 4 heteroatoms. The van der Waals surface area contributed by atoms with Gasteiger partial charge in [-0.05, 0) is 43.1 Å². The van der Waals surface area contributed by atoms with E-state index in [0.717, 1.165) is 47.2 Å². The molecule has 1 saturated carbocycles. The van der Waals surface area contributed by atoms with Crippen LogP contribution in [0.1, 0.15) is 69.1 Å². The molecule has 0 radical (unpaired) electrons. The molecule has 0 spiro atoms. The normalized spacial score (nSPS) is 25.8. The van der Waals surface area contributed by atoms with Gasteiger partial charge in [-0.3, -0.25) is 4.79 Å². The highest BCUT2D eigenvalue weighted by atomic mass is 19.1. The molecule has 0 unspecified atom stereocenters. The maximum atomic E-state index is 15.0. The number of halogens is 1. The number of anilines is 1. The number of pyridine rings is 1. The lowest BCUT2D eigenvalue weighted by Crippen LogP contribution is -2.43. The Kier molecular flexibility index (Phi) is 3.62. The van der Waals surface area contributed by atoms with Crippen LogP contribution in [0, 0.1) is 11.2 Å². The second-order valence-electron chi connectivity index (χ2n) is 9.43. The minimum atomic E-state index is -0.697. The SMILES string of the molecule is CC1(C)CC(=O)C2=C(C1)Nc1ncc(F)c(C3CC3)c1[C@]2(C)c1ccccc1. The summed E-state index contributed by atoms with van der Waals surface area (Å²) < 4.78 is 15.0. The lowest BCUT2D eigenvalue weighted by Gasteiger charge is -2.45. The van der Waals surface area contributed by atoms with E-state index in [2.05, 4.69) is 31.1 Å². The predicted octanol–water partition coefficient (Wildman–Crippen LogP) is 5.47. The highest BCUT2D eigenvalue weighted by Crippen LogP contribution is 2.56. The maximum absolute atomic E-state index is 15.0. The predicted molar refractivity (Wildman–Crippen MR) is 108 cm³/mol. The quantitative estimate of drug-likeness (QED) is 0.755. The molecule has 2 aliphatic carbocycles. The third kappa shape index (κ3) is 2.47. The van der Waals surface area contributed by atoms with Crippen LogP contribution in [-0.4, -0.2) is 10.8 Å². The Morgan fingerprint density at radius 3 is 2.50 bits per heavy atom. The van der Waals surface area contributed by atoms with Gasteiger partial charge in [0.2, 0.25) is 0 Å². The first-order valence-electron chi connectivity index (χ1n) is 10.1. The van der Waals surface area contributed by atoms with E-state index in [1.807, 2.05) is 30.3 Å². The molecule has 1 aliphatic heterocycles. The molecule has 1 atom stereocenters. The number of nitrogens with zero attached hydrogens (tertiary/aromatic N) is 1. The number of allylic oxidation sites excluding steroid dienone is 2. The van der Waals surface area contributed by atoms with Gasteiger partial charge < -0.3 is 5.32 Å². The molecule has 1 N–H and O–H groups in total. The second-order valence-corrected chi connectivity index (χ2v) is 9.43. The third-order valence-corrected chi connectivity index (χ3v) is 6.55. The van der Waals surface area contributed by atoms with Crippen molar-refractivity contribution in [3.8, 4) is 0 Å². The van der Waals surface area contributed by atoms with Crippen molar-refractivity contribution in [2.75, 3.05) is 5.32 Å². The smallest absolute Gasteiger partial charge is 0.162 e. The van der Waals surface area contributed by atoms with E-state index in [0.29, 0.717) is 12.2 Å². The summed E-state index contributed by atoms with van der Waals surface area (Å²) in [5.74, 6) is 0.831. The Balaban J connectivity index is 1.84. The van der Waals surface area contributed by atoms with Crippen molar-refractivity contribution in [3.05, 3.63) is 70.3 Å². The summed E-state index contributed by atoms with van der Waals surface area (Å²) in [6.07, 6.45) is 4.61. The fourth-order valence-electron chi connectivity index (χ4n) is 5.21. The zero-order valence-corrected chi connectivity index (χ0v) is 16.6. The maximum Gasteiger partial charge on any atom is 0.162 e. The van der Waals surface area contributed by atoms with Gasteiger partial charge in [-0.1, -0.05) is 44.2 Å². The van der Waals surface area contributed by atoms with Crippen LogP contribution in [0.4, 0.5) is 10.2 Å². The molecule has 1 aromatic heterocycles. The molecular weight excluding hydrogens is 351 g/mol. The molecule has 2 heterocycles. The number of carbonyl (C=O) groups is 1. The van der Waals surface area contributed by atoms with Gasteiger partial charge in [0.05, 0.1) is 11.6 Å². The van der Waals surface area contributed by atoms with Crippen molar-refractivity contribution < 1.29 is 9.18 Å². The molecule has 0 bridgehead atoms. The Labute approximate surface area is 165 Å². The van der Waals surface area contributed by atoms with E-state index in [1.54, 1.807) is 0 Å². The molecule has 3 aliphatic rings. The number of benzene rings is 1. The number of rotatable bonds is 2. The summed E-state index contributed by atoms with van der Waals surface area (Å²) in [6, 6.07) is 10.1. The Hall–Kier alpha value is -2.49. The molecule has 144 valence electrons. The minimum absolute atomic E-state index is 0.0998. The van der Waals surface area contributed by atoms with E-state index >= 15 is 0 Å². The summed E-state index contributed by atoms with van der Waals surface area (Å²) in [5, 5.41) is 3.44. The van der Waals surface area contributed by atoms with Crippen LogP contribution >= 0.6 is 0 Å². The molecule has 2 aromatic rings. The molecule has 28 heavy (non-hydrogen) atoms. The molecule has 0 saturated heterocycles. The van der Waals surface area contributed by atoms with E-state index in [9.17, 15) is 9.18 Å². The lowest BCUT2D eigenvalue weighted by atomic mass is 9.61. The Bertz CT molecular complexity index is 1020. The van der Waals surface area contributed by atoms with Crippen LogP contribution in [0.15, 0.2) is 47.8 Å². The summed E-state index contributed by atoms with van der Waals surface area (Å²) >= 11 is 0. The number of nitrogens with one attached hydrogen (secondary N) is 1. The van der Waals surface area contributed by atoms with Crippen molar-refractivity contribution >= 4 is 11.6 Å². The van der Waals surface area contributed by atoms with E-state index in [-0.39, 0.29) is 22.9 Å². The summed E-state index contributed by atoms with van der Waals surface area (Å²) in [7, 11) is 0. The van der Waals surface area contributed by atoms with E-state index < -0.39 is 5.41 Å². The number of Topliss-reactive ketones (excluding diaryl/α,β-unsaturated/α-hetero) is 1. The van der Waals surface area contributed by atoms with Crippen LogP contribution in [0.2, 0.25) is 0 Å². The number of hydrogen-bond donors (Lipinski definition) is 1. The summed E-state index contributed by atoms with van der Waals surface area (Å²) in [4.78, 5) is 17.9. The van der Waals surface area contributed by atoms with Crippen molar-refractivity contribution in [2.24, 2.45) is 5.41 Å². The van der Waals surface area contributed by atoms with Crippen LogP contribution in [0.5, 0.6) is 0 Å². The minimum Gasteiger partial charge on any atom is -0.343 e. The zero-order chi connectivity index (χ0) is 19.7. The van der Waals surface area contributed by atoms with Gasteiger partial charge in [-0.15, -0.1) is 0 Å². The van der Waals surface area contributed by atoms with Crippen LogP contribution in [0.25, 0.3) is 0 Å². The molecule has 1 aromatic carbocycles. The summed E-state index contributed by atoms with van der Waals surface area (Å²) in [5.41, 5.74) is 3.56. The van der Waals surface area contributed by atoms with Crippen LogP contribution in [-0.2, 0) is 10.2 Å².